The molecule has 0 spiro atoms. The number of hydrogen-bond donors (Lipinski definition) is 3. The molecule has 0 heterocycles. The molecule has 4 atom stereocenters. The molecule has 1 rings (SSSR count). The van der Waals surface area contributed by atoms with Crippen LogP contribution in [0.5, 0.6) is 5.75 Å². The molecule has 0 bridgehead atoms. The van der Waals surface area contributed by atoms with Gasteiger partial charge >= 0.3 is 0 Å². The molecule has 9 nitrogen and oxygen atoms in total. The number of benzene rings is 1. The van der Waals surface area contributed by atoms with Gasteiger partial charge in [-0.25, -0.2) is 0 Å². The van der Waals surface area contributed by atoms with Crippen molar-refractivity contribution in [3.63, 3.8) is 0 Å². The molecule has 36 heavy (non-hydrogen) atoms. The van der Waals surface area contributed by atoms with Gasteiger partial charge in [0.1, 0.15) is 5.75 Å². The van der Waals surface area contributed by atoms with Crippen molar-refractivity contribution in [2.75, 3.05) is 33.4 Å². The minimum absolute atomic E-state index is 0.0318. The number of nitrogens with zero attached hydrogens (tertiary/aromatic N) is 2. The summed E-state index contributed by atoms with van der Waals surface area (Å²) in [4.78, 5) is 25.3. The second-order valence-corrected chi connectivity index (χ2v) is 9.77. The summed E-state index contributed by atoms with van der Waals surface area (Å²) < 4.78 is 10.8. The Morgan fingerprint density at radius 2 is 1.81 bits per heavy atom. The lowest BCUT2D eigenvalue weighted by Crippen LogP contribution is -2.41. The number of nitrogens with one attached hydrogen (secondary N) is 2. The van der Waals surface area contributed by atoms with Crippen LogP contribution in [0.15, 0.2) is 29.4 Å². The monoisotopic (exact) mass is 504 g/mol. The number of carbonyl (C=O) groups excluding carboxylic acids is 2. The van der Waals surface area contributed by atoms with Gasteiger partial charge in [-0.05, 0) is 43.2 Å². The topological polar surface area (TPSA) is 137 Å². The van der Waals surface area contributed by atoms with Gasteiger partial charge in [-0.3, -0.25) is 9.59 Å². The second-order valence-electron chi connectivity index (χ2n) is 9.77. The average Bonchev–Trinajstić information content (AvgIpc) is 2.86. The van der Waals surface area contributed by atoms with Crippen LogP contribution in [0.4, 0.5) is 0 Å². The van der Waals surface area contributed by atoms with E-state index in [4.69, 9.17) is 15.2 Å². The molecule has 0 aliphatic carbocycles. The number of rotatable bonds is 19. The van der Waals surface area contributed by atoms with Gasteiger partial charge in [0.15, 0.2) is 0 Å². The molecule has 0 aliphatic rings. The predicted octanol–water partition coefficient (Wildman–Crippen LogP) is 4.15. The van der Waals surface area contributed by atoms with Gasteiger partial charge in [-0.15, -0.1) is 0 Å². The van der Waals surface area contributed by atoms with E-state index in [-0.39, 0.29) is 29.6 Å². The van der Waals surface area contributed by atoms with Gasteiger partial charge in [0.05, 0.1) is 12.2 Å². The Morgan fingerprint density at radius 3 is 2.44 bits per heavy atom. The zero-order chi connectivity index (χ0) is 26.9. The number of carbonyl (C=O) groups is 2. The summed E-state index contributed by atoms with van der Waals surface area (Å²) in [5.41, 5.74) is 16.5. The third kappa shape index (κ3) is 11.5. The van der Waals surface area contributed by atoms with E-state index in [9.17, 15) is 15.1 Å². The van der Waals surface area contributed by atoms with Crippen LogP contribution in [0.25, 0.3) is 5.53 Å². The Hall–Kier alpha value is -2.52. The molecule has 0 aliphatic heterocycles. The summed E-state index contributed by atoms with van der Waals surface area (Å²) in [7, 11) is 1.64. The zero-order valence-corrected chi connectivity index (χ0v) is 22.7. The van der Waals surface area contributed by atoms with Crippen LogP contribution in [0.3, 0.4) is 0 Å². The first-order valence-corrected chi connectivity index (χ1v) is 13.1. The molecule has 204 valence electrons. The highest BCUT2D eigenvalue weighted by molar-refractivity contribution is 5.96. The molecule has 1 aromatic carbocycles. The van der Waals surface area contributed by atoms with Crippen molar-refractivity contribution in [1.29, 1.82) is 0 Å². The lowest BCUT2D eigenvalue weighted by molar-refractivity contribution is -0.124. The van der Waals surface area contributed by atoms with Crippen molar-refractivity contribution in [3.05, 3.63) is 35.4 Å². The molecule has 0 unspecified atom stereocenters. The van der Waals surface area contributed by atoms with E-state index in [1.54, 1.807) is 25.3 Å². The summed E-state index contributed by atoms with van der Waals surface area (Å²) >= 11 is 0. The first kappa shape index (κ1) is 31.5. The molecule has 0 fully saturated rings. The largest absolute Gasteiger partial charge is 0.712 e. The van der Waals surface area contributed by atoms with E-state index >= 15 is 0 Å². The number of para-hydroxylation sites is 1. The van der Waals surface area contributed by atoms with Gasteiger partial charge in [0.25, 0.3) is 5.91 Å². The summed E-state index contributed by atoms with van der Waals surface area (Å²) in [5.74, 6) is 0.247. The van der Waals surface area contributed by atoms with Crippen molar-refractivity contribution in [3.8, 4) is 5.75 Å². The highest BCUT2D eigenvalue weighted by Gasteiger charge is 2.26. The number of hydrogen-bond acceptors (Lipinski definition) is 6. The van der Waals surface area contributed by atoms with E-state index in [2.05, 4.69) is 36.5 Å². The van der Waals surface area contributed by atoms with Crippen LogP contribution in [0.1, 0.15) is 70.2 Å². The maximum absolute atomic E-state index is 12.9. The molecule has 4 N–H and O–H groups in total. The molecule has 0 aromatic heterocycles. The molecule has 0 radical (unpaired) electrons. The van der Waals surface area contributed by atoms with E-state index in [1.165, 1.54) is 0 Å². The number of nitrogens with two attached hydrogens (primary N) is 1. The smallest absolute Gasteiger partial charge is 0.255 e. The fourth-order valence-corrected chi connectivity index (χ4v) is 3.93. The van der Waals surface area contributed by atoms with Gasteiger partial charge in [-0.2, -0.15) is 0 Å². The number of ether oxygens (including phenoxy) is 2. The molecule has 9 heteroatoms. The summed E-state index contributed by atoms with van der Waals surface area (Å²) in [6.45, 7) is 10.1. The Labute approximate surface area is 216 Å². The summed E-state index contributed by atoms with van der Waals surface area (Å²) in [5, 5.41) is 9.48. The van der Waals surface area contributed by atoms with Crippen molar-refractivity contribution < 1.29 is 19.1 Å². The fraction of sp³-hybridized carbons (Fsp3) is 0.704. The van der Waals surface area contributed by atoms with E-state index in [0.29, 0.717) is 50.5 Å². The Balaban J connectivity index is 2.70. The lowest BCUT2D eigenvalue weighted by atomic mass is 9.85. The van der Waals surface area contributed by atoms with E-state index < -0.39 is 12.1 Å². The summed E-state index contributed by atoms with van der Waals surface area (Å²) in [6.07, 6.45) is 3.59. The minimum atomic E-state index is -0.531. The molecule has 0 saturated carbocycles. The standard InChI is InChI=1S/C27H46N5O4/c1-6-7-13-30-26(33)20(4)16-23(28)24(32-29)17-21(19(2)3)18-31-27(34)22-11-8-9-12-25(22)36-15-10-14-35-5/h8-9,11-12,19-21,23-24H,6-7,10,13-18,28H2,1-5H3,(H,30,33)(H,31,34)/q-1/t20-,21-,23+,24+/m1/s1. The molecule has 1 aromatic rings. The zero-order valence-electron chi connectivity index (χ0n) is 22.7. The van der Waals surface area contributed by atoms with Crippen molar-refractivity contribution in [1.82, 2.24) is 10.6 Å². The van der Waals surface area contributed by atoms with Crippen LogP contribution in [-0.2, 0) is 9.53 Å². The fourth-order valence-electron chi connectivity index (χ4n) is 3.93. The maximum Gasteiger partial charge on any atom is 0.255 e. The number of unbranched alkanes of at least 4 members (excludes halogenated alkanes) is 1. The Kier molecular flexibility index (Phi) is 15.6. The highest BCUT2D eigenvalue weighted by Crippen LogP contribution is 2.23. The molecule has 2 amide bonds. The van der Waals surface area contributed by atoms with Crippen LogP contribution in [0.2, 0.25) is 0 Å². The molecule has 0 saturated heterocycles. The van der Waals surface area contributed by atoms with Gasteiger partial charge in [0.2, 0.25) is 5.91 Å². The first-order chi connectivity index (χ1) is 17.2. The highest BCUT2D eigenvalue weighted by atomic mass is 16.5. The minimum Gasteiger partial charge on any atom is -0.712 e. The van der Waals surface area contributed by atoms with Crippen molar-refractivity contribution >= 4 is 11.8 Å². The quantitative estimate of drug-likeness (QED) is 0.192. The van der Waals surface area contributed by atoms with Crippen molar-refractivity contribution in [2.45, 2.75) is 71.9 Å². The Bertz CT molecular complexity index is 789. The van der Waals surface area contributed by atoms with Gasteiger partial charge in [-0.1, -0.05) is 46.2 Å². The maximum atomic E-state index is 12.9. The number of amides is 2. The molecular weight excluding hydrogens is 458 g/mol. The van der Waals surface area contributed by atoms with E-state index in [0.717, 1.165) is 19.3 Å². The van der Waals surface area contributed by atoms with Gasteiger partial charge in [0, 0.05) is 51.2 Å². The SMILES string of the molecule is CCCCNC(=O)[C@H](C)C[C@H](N)[C@H](C[C@H](CNC(=O)c1ccccc1OCCCOC)C(C)C)N=[N-]. The van der Waals surface area contributed by atoms with Crippen LogP contribution >= 0.6 is 0 Å². The van der Waals surface area contributed by atoms with E-state index in [1.807, 2.05) is 13.0 Å². The Morgan fingerprint density at radius 1 is 1.08 bits per heavy atom. The van der Waals surface area contributed by atoms with Crippen LogP contribution < -0.4 is 21.1 Å². The van der Waals surface area contributed by atoms with Crippen molar-refractivity contribution in [2.24, 2.45) is 28.6 Å². The lowest BCUT2D eigenvalue weighted by Gasteiger charge is -2.30. The predicted molar refractivity (Wildman–Crippen MR) is 143 cm³/mol. The second kappa shape index (κ2) is 17.8. The van der Waals surface area contributed by atoms with Crippen LogP contribution in [0, 0.1) is 17.8 Å². The molecular formula is C27H46N5O4-. The number of methoxy groups -OCH3 is 1. The third-order valence-electron chi connectivity index (χ3n) is 6.44. The first-order valence-electron chi connectivity index (χ1n) is 13.1. The average molecular weight is 505 g/mol. The normalized spacial score (nSPS) is 14.5. The van der Waals surface area contributed by atoms with Gasteiger partial charge < -0.3 is 36.5 Å². The van der Waals surface area contributed by atoms with Crippen LogP contribution in [-0.4, -0.2) is 57.3 Å². The third-order valence-corrected chi connectivity index (χ3v) is 6.44. The summed E-state index contributed by atoms with van der Waals surface area (Å²) in [6, 6.07) is 6.15.